The van der Waals surface area contributed by atoms with Crippen LogP contribution in [0.4, 0.5) is 0 Å². The highest BCUT2D eigenvalue weighted by atomic mass is 16.5. The highest BCUT2D eigenvalue weighted by Crippen LogP contribution is 2.46. The number of hydrogen-bond donors (Lipinski definition) is 1. The van der Waals surface area contributed by atoms with Crippen LogP contribution in [0.15, 0.2) is 71.3 Å². The number of nitrogens with zero attached hydrogens (tertiary/aromatic N) is 2. The summed E-state index contributed by atoms with van der Waals surface area (Å²) in [5.41, 5.74) is 0.975. The molecule has 1 unspecified atom stereocenters. The van der Waals surface area contributed by atoms with E-state index in [1.165, 1.54) is 18.4 Å². The SMILES string of the molecule is OC(c1ccccc1)(c1ncc(C[N+]23CCC(CC2)[C@@H](OCc2ccccc2)C3)o1)C1CCC1. The third-order valence-corrected chi connectivity index (χ3v) is 8.63. The molecule has 2 aromatic carbocycles. The molecule has 7 rings (SSSR count). The van der Waals surface area contributed by atoms with Crippen molar-refractivity contribution in [1.82, 2.24) is 4.98 Å². The fourth-order valence-corrected chi connectivity index (χ4v) is 6.35. The maximum Gasteiger partial charge on any atom is 0.231 e. The minimum Gasteiger partial charge on any atom is -0.436 e. The number of fused-ring (bicyclic) bond motifs is 3. The van der Waals surface area contributed by atoms with Crippen LogP contribution in [0.25, 0.3) is 0 Å². The Hall–Kier alpha value is -2.47. The van der Waals surface area contributed by atoms with Crippen LogP contribution in [0.3, 0.4) is 0 Å². The molecule has 3 saturated heterocycles. The monoisotopic (exact) mass is 459 g/mol. The Balaban J connectivity index is 1.19. The lowest BCUT2D eigenvalue weighted by Gasteiger charge is -2.52. The second-order valence-corrected chi connectivity index (χ2v) is 10.7. The molecule has 5 nitrogen and oxygen atoms in total. The lowest BCUT2D eigenvalue weighted by Crippen LogP contribution is -2.63. The zero-order chi connectivity index (χ0) is 23.0. The van der Waals surface area contributed by atoms with Crippen molar-refractivity contribution in [2.75, 3.05) is 19.6 Å². The summed E-state index contributed by atoms with van der Waals surface area (Å²) in [7, 11) is 0. The Kier molecular flexibility index (Phi) is 5.80. The summed E-state index contributed by atoms with van der Waals surface area (Å²) in [6.45, 7) is 4.86. The van der Waals surface area contributed by atoms with Crippen LogP contribution in [0, 0.1) is 11.8 Å². The van der Waals surface area contributed by atoms with Gasteiger partial charge in [0.2, 0.25) is 5.89 Å². The average Bonchev–Trinajstić information content (AvgIpc) is 3.32. The van der Waals surface area contributed by atoms with E-state index < -0.39 is 5.60 Å². The van der Waals surface area contributed by atoms with Gasteiger partial charge in [-0.05, 0) is 24.0 Å². The maximum atomic E-state index is 11.9. The molecule has 2 atom stereocenters. The van der Waals surface area contributed by atoms with Gasteiger partial charge in [-0.2, -0.15) is 0 Å². The third kappa shape index (κ3) is 4.00. The molecular weight excluding hydrogens is 424 g/mol. The van der Waals surface area contributed by atoms with E-state index in [1.807, 2.05) is 42.6 Å². The number of oxazole rings is 1. The quantitative estimate of drug-likeness (QED) is 0.480. The van der Waals surface area contributed by atoms with Gasteiger partial charge in [0, 0.05) is 24.7 Å². The summed E-state index contributed by atoms with van der Waals surface area (Å²) < 4.78 is 13.8. The fraction of sp³-hybridized carbons (Fsp3) is 0.483. The molecule has 3 aromatic rings. The smallest absolute Gasteiger partial charge is 0.231 e. The average molecular weight is 460 g/mol. The molecule has 4 aliphatic rings. The van der Waals surface area contributed by atoms with Gasteiger partial charge in [-0.1, -0.05) is 67.1 Å². The van der Waals surface area contributed by atoms with Crippen molar-refractivity contribution >= 4 is 0 Å². The normalized spacial score (nSPS) is 28.4. The number of aromatic nitrogens is 1. The van der Waals surface area contributed by atoms with Gasteiger partial charge in [-0.15, -0.1) is 0 Å². The Labute approximate surface area is 202 Å². The van der Waals surface area contributed by atoms with Gasteiger partial charge in [0.05, 0.1) is 25.9 Å². The van der Waals surface area contributed by atoms with Crippen LogP contribution >= 0.6 is 0 Å². The van der Waals surface area contributed by atoms with Crippen LogP contribution in [-0.4, -0.2) is 40.3 Å². The molecule has 5 heteroatoms. The third-order valence-electron chi connectivity index (χ3n) is 8.63. The van der Waals surface area contributed by atoms with Gasteiger partial charge in [0.1, 0.15) is 19.2 Å². The van der Waals surface area contributed by atoms with Crippen molar-refractivity contribution in [2.24, 2.45) is 11.8 Å². The van der Waals surface area contributed by atoms with Crippen LogP contribution in [0.1, 0.15) is 54.9 Å². The van der Waals surface area contributed by atoms with E-state index in [-0.39, 0.29) is 5.92 Å². The first-order valence-corrected chi connectivity index (χ1v) is 12.9. The highest BCUT2D eigenvalue weighted by Gasteiger charge is 2.49. The Morgan fingerprint density at radius 1 is 0.971 bits per heavy atom. The number of benzene rings is 2. The minimum atomic E-state index is -1.14. The maximum absolute atomic E-state index is 11.9. The van der Waals surface area contributed by atoms with E-state index in [0.29, 0.717) is 24.5 Å². The molecule has 178 valence electrons. The van der Waals surface area contributed by atoms with Gasteiger partial charge in [-0.25, -0.2) is 4.98 Å². The van der Waals surface area contributed by atoms with Crippen molar-refractivity contribution in [1.29, 1.82) is 0 Å². The molecule has 1 N–H and O–H groups in total. The van der Waals surface area contributed by atoms with Crippen molar-refractivity contribution in [2.45, 2.75) is 57.0 Å². The van der Waals surface area contributed by atoms with E-state index in [4.69, 9.17) is 9.15 Å². The molecule has 0 spiro atoms. The van der Waals surface area contributed by atoms with Crippen molar-refractivity contribution in [3.63, 3.8) is 0 Å². The van der Waals surface area contributed by atoms with Crippen molar-refractivity contribution in [3.8, 4) is 0 Å². The van der Waals surface area contributed by atoms with Gasteiger partial charge < -0.3 is 18.7 Å². The van der Waals surface area contributed by atoms with E-state index in [9.17, 15) is 5.11 Å². The van der Waals surface area contributed by atoms with Gasteiger partial charge >= 0.3 is 0 Å². The number of rotatable bonds is 8. The molecule has 3 aliphatic heterocycles. The molecule has 2 bridgehead atoms. The lowest BCUT2D eigenvalue weighted by atomic mass is 9.69. The molecular formula is C29H35N2O3+. The largest absolute Gasteiger partial charge is 0.436 e. The minimum absolute atomic E-state index is 0.162. The molecule has 4 fully saturated rings. The number of piperidine rings is 3. The van der Waals surface area contributed by atoms with E-state index in [0.717, 1.165) is 61.2 Å². The second-order valence-electron chi connectivity index (χ2n) is 10.7. The van der Waals surface area contributed by atoms with E-state index >= 15 is 0 Å². The second kappa shape index (κ2) is 8.95. The molecule has 1 saturated carbocycles. The highest BCUT2D eigenvalue weighted by molar-refractivity contribution is 5.30. The topological polar surface area (TPSA) is 55.5 Å². The summed E-state index contributed by atoms with van der Waals surface area (Å²) in [6.07, 6.45) is 7.72. The predicted octanol–water partition coefficient (Wildman–Crippen LogP) is 5.04. The van der Waals surface area contributed by atoms with Crippen LogP contribution < -0.4 is 0 Å². The van der Waals surface area contributed by atoms with Gasteiger partial charge in [-0.3, -0.25) is 0 Å². The van der Waals surface area contributed by atoms with Gasteiger partial charge in [0.25, 0.3) is 0 Å². The fourth-order valence-electron chi connectivity index (χ4n) is 6.35. The lowest BCUT2D eigenvalue weighted by molar-refractivity contribution is -0.959. The number of hydrogen-bond acceptors (Lipinski definition) is 4. The Morgan fingerprint density at radius 2 is 1.68 bits per heavy atom. The molecule has 1 aromatic heterocycles. The van der Waals surface area contributed by atoms with Crippen LogP contribution in [-0.2, 0) is 23.5 Å². The standard InChI is InChI=1S/C29H35N2O3/c32-29(25-12-7-13-25,24-10-5-2-6-11-24)28-30-18-26(34-28)19-31-16-14-23(15-17-31)27(20-31)33-21-22-8-3-1-4-9-22/h1-6,8-11,18,23,25,27,32H,7,12-17,19-21H2/q+1/t23?,27-,29?,31?/m0/s1. The van der Waals surface area contributed by atoms with E-state index in [2.05, 4.69) is 29.2 Å². The van der Waals surface area contributed by atoms with Crippen LogP contribution in [0.2, 0.25) is 0 Å². The zero-order valence-corrected chi connectivity index (χ0v) is 19.8. The van der Waals surface area contributed by atoms with Crippen molar-refractivity contribution in [3.05, 3.63) is 89.6 Å². The molecule has 34 heavy (non-hydrogen) atoms. The Bertz CT molecular complexity index is 1090. The first-order chi connectivity index (χ1) is 16.6. The number of aliphatic hydroxyl groups is 1. The number of ether oxygens (including phenoxy) is 1. The molecule has 4 heterocycles. The molecule has 1 aliphatic carbocycles. The Morgan fingerprint density at radius 3 is 2.35 bits per heavy atom. The number of quaternary nitrogens is 1. The summed E-state index contributed by atoms with van der Waals surface area (Å²) in [5.74, 6) is 2.16. The van der Waals surface area contributed by atoms with Crippen LogP contribution in [0.5, 0.6) is 0 Å². The summed E-state index contributed by atoms with van der Waals surface area (Å²) in [5, 5.41) is 11.9. The molecule has 0 radical (unpaired) electrons. The first-order valence-electron chi connectivity index (χ1n) is 12.9. The first kappa shape index (κ1) is 22.0. The zero-order valence-electron chi connectivity index (χ0n) is 19.8. The van der Waals surface area contributed by atoms with Crippen molar-refractivity contribution < 1.29 is 18.7 Å². The van der Waals surface area contributed by atoms with E-state index in [1.54, 1.807) is 0 Å². The predicted molar refractivity (Wildman–Crippen MR) is 130 cm³/mol. The summed E-state index contributed by atoms with van der Waals surface area (Å²) >= 11 is 0. The summed E-state index contributed by atoms with van der Waals surface area (Å²) in [6, 6.07) is 20.4. The van der Waals surface area contributed by atoms with Gasteiger partial charge in [0.15, 0.2) is 11.4 Å². The summed E-state index contributed by atoms with van der Waals surface area (Å²) in [4.78, 5) is 4.65. The molecule has 0 amide bonds.